The molecule has 0 saturated heterocycles. The van der Waals surface area contributed by atoms with Crippen molar-refractivity contribution in [3.63, 3.8) is 0 Å². The van der Waals surface area contributed by atoms with Crippen LogP contribution in [0.1, 0.15) is 22.4 Å². The minimum atomic E-state index is -0.494. The van der Waals surface area contributed by atoms with Crippen LogP contribution in [0.2, 0.25) is 5.02 Å². The molecule has 0 atom stereocenters. The van der Waals surface area contributed by atoms with Gasteiger partial charge < -0.3 is 4.90 Å². The van der Waals surface area contributed by atoms with E-state index in [1.165, 1.54) is 0 Å². The number of aromatic nitrogens is 3. The Hall–Kier alpha value is -3.66. The van der Waals surface area contributed by atoms with Crippen LogP contribution in [0.4, 0.5) is 5.69 Å². The van der Waals surface area contributed by atoms with Gasteiger partial charge in [0.1, 0.15) is 10.2 Å². The van der Waals surface area contributed by atoms with Crippen LogP contribution in [0.5, 0.6) is 0 Å². The quantitative estimate of drug-likeness (QED) is 0.316. The van der Waals surface area contributed by atoms with Crippen molar-refractivity contribution in [2.24, 2.45) is 0 Å². The van der Waals surface area contributed by atoms with Gasteiger partial charge in [0.2, 0.25) is 4.96 Å². The molecule has 1 aliphatic heterocycles. The molecule has 1 aliphatic rings. The molecule has 0 spiro atoms. The van der Waals surface area contributed by atoms with Crippen molar-refractivity contribution >= 4 is 61.0 Å². The molecule has 0 saturated carbocycles. The minimum Gasteiger partial charge on any atom is -0.303 e. The van der Waals surface area contributed by atoms with Crippen molar-refractivity contribution < 1.29 is 4.79 Å². The topological polar surface area (TPSA) is 84.6 Å². The van der Waals surface area contributed by atoms with Gasteiger partial charge in [-0.3, -0.25) is 14.4 Å². The first kappa shape index (κ1) is 23.7. The van der Waals surface area contributed by atoms with E-state index < -0.39 is 11.1 Å². The number of nitrogens with zero attached hydrogens (tertiary/aromatic N) is 4. The summed E-state index contributed by atoms with van der Waals surface area (Å²) in [6, 6.07) is 22.2. The fraction of sp³-hybridized carbons (Fsp3) is 0.0741. The van der Waals surface area contributed by atoms with Gasteiger partial charge in [0.15, 0.2) is 0 Å². The average molecular weight is 592 g/mol. The fourth-order valence-electron chi connectivity index (χ4n) is 4.34. The summed E-state index contributed by atoms with van der Waals surface area (Å²) in [5.74, 6) is -0.306. The largest absolute Gasteiger partial charge is 0.303 e. The number of benzene rings is 3. The lowest BCUT2D eigenvalue weighted by Crippen LogP contribution is -2.33. The maximum atomic E-state index is 13.8. The Bertz CT molecular complexity index is 1870. The summed E-state index contributed by atoms with van der Waals surface area (Å²) in [5.41, 5.74) is 2.56. The number of carbonyl (C=O) groups is 1. The Morgan fingerprint density at radius 1 is 0.919 bits per heavy atom. The van der Waals surface area contributed by atoms with Crippen LogP contribution in [-0.4, -0.2) is 20.5 Å². The van der Waals surface area contributed by atoms with Crippen molar-refractivity contribution in [2.45, 2.75) is 13.0 Å². The van der Waals surface area contributed by atoms with Crippen LogP contribution in [0.25, 0.3) is 10.5 Å². The van der Waals surface area contributed by atoms with Crippen LogP contribution in [0.3, 0.4) is 0 Å². The number of anilines is 1. The molecule has 10 heteroatoms. The van der Waals surface area contributed by atoms with Crippen molar-refractivity contribution in [1.29, 1.82) is 0 Å². The number of amides is 1. The van der Waals surface area contributed by atoms with Gasteiger partial charge in [0.25, 0.3) is 17.0 Å². The first-order valence-electron chi connectivity index (χ1n) is 11.3. The number of halogens is 2. The molecule has 3 heterocycles. The fourth-order valence-corrected chi connectivity index (χ4v) is 5.83. The first-order chi connectivity index (χ1) is 17.9. The van der Waals surface area contributed by atoms with Crippen molar-refractivity contribution in [3.05, 3.63) is 130 Å². The number of thiazole rings is 1. The lowest BCUT2D eigenvalue weighted by atomic mass is 10.1. The summed E-state index contributed by atoms with van der Waals surface area (Å²) < 4.78 is 2.09. The highest BCUT2D eigenvalue weighted by Crippen LogP contribution is 2.38. The second-order valence-electron chi connectivity index (χ2n) is 8.51. The van der Waals surface area contributed by atoms with E-state index in [0.29, 0.717) is 22.8 Å². The van der Waals surface area contributed by atoms with Gasteiger partial charge in [-0.15, -0.1) is 0 Å². The van der Waals surface area contributed by atoms with Crippen molar-refractivity contribution in [1.82, 2.24) is 14.6 Å². The molecule has 0 bridgehead atoms. The summed E-state index contributed by atoms with van der Waals surface area (Å²) in [4.78, 5) is 45.9. The predicted octanol–water partition coefficient (Wildman–Crippen LogP) is 3.98. The highest BCUT2D eigenvalue weighted by Gasteiger charge is 2.34. The molecule has 7 nitrogen and oxygen atoms in total. The zero-order valence-corrected chi connectivity index (χ0v) is 22.2. The van der Waals surface area contributed by atoms with Crippen LogP contribution in [0.15, 0.2) is 86.9 Å². The molecule has 3 aromatic carbocycles. The number of fused-ring (bicyclic) bond motifs is 2. The van der Waals surface area contributed by atoms with Crippen LogP contribution in [0, 0.1) is 0 Å². The third kappa shape index (κ3) is 4.29. The molecular formula is C27H16BrClN4O3S. The number of hydrogen-bond donors (Lipinski definition) is 0. The molecule has 37 heavy (non-hydrogen) atoms. The van der Waals surface area contributed by atoms with E-state index >= 15 is 0 Å². The Kier molecular flexibility index (Phi) is 5.98. The summed E-state index contributed by atoms with van der Waals surface area (Å²) >= 11 is 10.5. The highest BCUT2D eigenvalue weighted by atomic mass is 79.9. The van der Waals surface area contributed by atoms with Gasteiger partial charge >= 0.3 is 0 Å². The van der Waals surface area contributed by atoms with Crippen molar-refractivity contribution in [3.8, 4) is 0 Å². The second kappa shape index (κ2) is 9.33. The average Bonchev–Trinajstić information content (AvgIpc) is 3.33. The summed E-state index contributed by atoms with van der Waals surface area (Å²) in [5, 5.41) is 4.94. The molecular weight excluding hydrogens is 576 g/mol. The lowest BCUT2D eigenvalue weighted by Gasteiger charge is -2.17. The molecule has 0 unspecified atom stereocenters. The van der Waals surface area contributed by atoms with E-state index in [1.54, 1.807) is 17.0 Å². The van der Waals surface area contributed by atoms with Crippen LogP contribution >= 0.6 is 38.9 Å². The maximum absolute atomic E-state index is 13.8. The van der Waals surface area contributed by atoms with E-state index in [-0.39, 0.29) is 33.1 Å². The third-order valence-electron chi connectivity index (χ3n) is 6.10. The molecule has 0 radical (unpaired) electrons. The first-order valence-corrected chi connectivity index (χ1v) is 13.2. The third-order valence-corrected chi connectivity index (χ3v) is 7.87. The Morgan fingerprint density at radius 2 is 1.68 bits per heavy atom. The Morgan fingerprint density at radius 3 is 2.43 bits per heavy atom. The Labute approximate surface area is 227 Å². The normalized spacial score (nSPS) is 14.4. The van der Waals surface area contributed by atoms with Crippen molar-refractivity contribution in [2.75, 3.05) is 4.90 Å². The molecule has 182 valence electrons. The van der Waals surface area contributed by atoms with Crippen LogP contribution < -0.4 is 20.6 Å². The monoisotopic (exact) mass is 590 g/mol. The van der Waals surface area contributed by atoms with Gasteiger partial charge in [0, 0.05) is 21.5 Å². The number of carbonyl (C=O) groups excluding carboxylic acids is 1. The Balaban J connectivity index is 1.51. The predicted molar refractivity (Wildman–Crippen MR) is 147 cm³/mol. The molecule has 0 fully saturated rings. The highest BCUT2D eigenvalue weighted by molar-refractivity contribution is 9.10. The van der Waals surface area contributed by atoms with Gasteiger partial charge in [-0.1, -0.05) is 81.3 Å². The minimum absolute atomic E-state index is 0.148. The van der Waals surface area contributed by atoms with Crippen LogP contribution in [-0.2, 0) is 17.8 Å². The van der Waals surface area contributed by atoms with E-state index in [0.717, 1.165) is 31.5 Å². The van der Waals surface area contributed by atoms with Gasteiger partial charge in [-0.25, -0.2) is 0 Å². The number of rotatable bonds is 4. The van der Waals surface area contributed by atoms with E-state index in [4.69, 9.17) is 11.6 Å². The van der Waals surface area contributed by atoms with Gasteiger partial charge in [-0.05, 0) is 41.5 Å². The molecule has 0 N–H and O–H groups in total. The van der Waals surface area contributed by atoms with Gasteiger partial charge in [0.05, 0.1) is 17.8 Å². The molecule has 0 aliphatic carbocycles. The number of hydrogen-bond acceptors (Lipinski definition) is 6. The molecule has 6 rings (SSSR count). The summed E-state index contributed by atoms with van der Waals surface area (Å²) in [7, 11) is 0. The van der Waals surface area contributed by atoms with Gasteiger partial charge in [-0.2, -0.15) is 14.6 Å². The standard InChI is InChI=1S/C27H16BrClN4O3S/c28-17-8-11-21-19(13-17)22(25(35)32(21)14-16-6-9-18(29)10-7-16)23-26(36)33-27(37-23)30-24(34)20(31-33)12-15-4-2-1-3-5-15/h1-11,13H,12,14H2. The second-order valence-corrected chi connectivity index (χ2v) is 10.8. The molecule has 1 amide bonds. The zero-order valence-electron chi connectivity index (χ0n) is 19.0. The summed E-state index contributed by atoms with van der Waals surface area (Å²) in [6.45, 7) is 0.308. The maximum Gasteiger partial charge on any atom is 0.296 e. The van der Waals surface area contributed by atoms with E-state index in [1.807, 2.05) is 60.7 Å². The lowest BCUT2D eigenvalue weighted by molar-refractivity contribution is -0.113. The van der Waals surface area contributed by atoms with E-state index in [9.17, 15) is 14.4 Å². The molecule has 5 aromatic rings. The molecule has 2 aromatic heterocycles. The summed E-state index contributed by atoms with van der Waals surface area (Å²) in [6.07, 6.45) is 0.250. The van der Waals surface area contributed by atoms with E-state index in [2.05, 4.69) is 26.0 Å². The SMILES string of the molecule is O=C1C(=c2sc3nc(=O)c(Cc4ccccc4)nn3c2=O)c2cc(Br)ccc2N1Cc1ccc(Cl)cc1. The smallest absolute Gasteiger partial charge is 0.296 e. The zero-order chi connectivity index (χ0) is 25.7.